The van der Waals surface area contributed by atoms with Gasteiger partial charge in [0.1, 0.15) is 6.42 Å². The molecule has 0 aromatic carbocycles. The number of carbonyl (C=O) groups excluding carboxylic acids is 2. The topological polar surface area (TPSA) is 43.4 Å². The smallest absolute Gasteiger partial charge is 0.313 e. The van der Waals surface area contributed by atoms with Gasteiger partial charge in [0, 0.05) is 5.25 Å². The highest BCUT2D eigenvalue weighted by atomic mass is 32.2. The summed E-state index contributed by atoms with van der Waals surface area (Å²) < 4.78 is 4.68. The van der Waals surface area contributed by atoms with Crippen molar-refractivity contribution in [1.29, 1.82) is 0 Å². The maximum Gasteiger partial charge on any atom is 0.313 e. The van der Waals surface area contributed by atoms with Gasteiger partial charge in [0.15, 0.2) is 5.78 Å². The Morgan fingerprint density at radius 3 is 2.50 bits per heavy atom. The fourth-order valence-electron chi connectivity index (χ4n) is 0.777. The van der Waals surface area contributed by atoms with Crippen LogP contribution in [-0.2, 0) is 14.3 Å². The molecule has 0 saturated heterocycles. The van der Waals surface area contributed by atoms with Gasteiger partial charge in [0.2, 0.25) is 0 Å². The average Bonchev–Trinajstić information content (AvgIpc) is 2.14. The lowest BCUT2D eigenvalue weighted by atomic mass is 10.3. The molecule has 3 nitrogen and oxygen atoms in total. The van der Waals surface area contributed by atoms with Gasteiger partial charge in [-0.3, -0.25) is 9.59 Å². The zero-order chi connectivity index (χ0) is 11.0. The summed E-state index contributed by atoms with van der Waals surface area (Å²) in [5, 5.41) is 0.473. The third-order valence-electron chi connectivity index (χ3n) is 1.75. The van der Waals surface area contributed by atoms with E-state index in [1.54, 1.807) is 18.7 Å². The normalized spacial score (nSPS) is 12.2. The van der Waals surface area contributed by atoms with Crippen LogP contribution in [0.15, 0.2) is 0 Å². The van der Waals surface area contributed by atoms with Crippen molar-refractivity contribution >= 4 is 23.5 Å². The molecule has 0 radical (unpaired) electrons. The van der Waals surface area contributed by atoms with Crippen LogP contribution >= 0.6 is 11.8 Å². The fraction of sp³-hybridized carbons (Fsp3) is 0.800. The summed E-state index contributed by atoms with van der Waals surface area (Å²) in [5.74, 6) is -0.0515. The first-order valence-electron chi connectivity index (χ1n) is 4.89. The van der Waals surface area contributed by atoms with Crippen molar-refractivity contribution in [2.75, 3.05) is 12.4 Å². The summed E-state index contributed by atoms with van der Waals surface area (Å²) >= 11 is 1.59. The number of hydrogen-bond donors (Lipinski definition) is 0. The van der Waals surface area contributed by atoms with Crippen LogP contribution in [0.2, 0.25) is 0 Å². The molecule has 0 bridgehead atoms. The second-order valence-corrected chi connectivity index (χ2v) is 4.48. The van der Waals surface area contributed by atoms with Crippen LogP contribution in [0.5, 0.6) is 0 Å². The first kappa shape index (κ1) is 13.5. The maximum absolute atomic E-state index is 11.2. The van der Waals surface area contributed by atoms with Crippen LogP contribution in [0.3, 0.4) is 0 Å². The van der Waals surface area contributed by atoms with Crippen molar-refractivity contribution in [3.05, 3.63) is 0 Å². The monoisotopic (exact) mass is 218 g/mol. The third kappa shape index (κ3) is 6.95. The summed E-state index contributed by atoms with van der Waals surface area (Å²) in [5.41, 5.74) is 0. The summed E-state index contributed by atoms with van der Waals surface area (Å²) in [6.45, 7) is 6.22. The van der Waals surface area contributed by atoms with Crippen LogP contribution in [0, 0.1) is 0 Å². The minimum Gasteiger partial charge on any atom is -0.466 e. The molecule has 14 heavy (non-hydrogen) atoms. The van der Waals surface area contributed by atoms with Gasteiger partial charge in [-0.1, -0.05) is 13.8 Å². The molecule has 0 aromatic heterocycles. The molecule has 82 valence electrons. The van der Waals surface area contributed by atoms with Gasteiger partial charge in [-0.15, -0.1) is 0 Å². The molecule has 0 aromatic rings. The van der Waals surface area contributed by atoms with E-state index in [1.807, 2.05) is 0 Å². The molecule has 0 fully saturated rings. The van der Waals surface area contributed by atoms with Gasteiger partial charge in [-0.25, -0.2) is 0 Å². The molecule has 1 unspecified atom stereocenters. The molecule has 4 heteroatoms. The zero-order valence-corrected chi connectivity index (χ0v) is 9.86. The van der Waals surface area contributed by atoms with Crippen molar-refractivity contribution in [2.45, 2.75) is 38.9 Å². The predicted molar refractivity (Wildman–Crippen MR) is 58.5 cm³/mol. The Morgan fingerprint density at radius 2 is 2.00 bits per heavy atom. The molecular formula is C10H18O3S. The predicted octanol–water partition coefficient (Wildman–Crippen LogP) is 2.04. The number of hydrogen-bond acceptors (Lipinski definition) is 4. The number of carbonyl (C=O) groups is 2. The molecule has 0 spiro atoms. The second kappa shape index (κ2) is 7.85. The molecule has 0 aliphatic heterocycles. The van der Waals surface area contributed by atoms with Gasteiger partial charge >= 0.3 is 5.97 Å². The third-order valence-corrected chi connectivity index (χ3v) is 3.14. The number of thioether (sulfide) groups is 1. The van der Waals surface area contributed by atoms with Crippen LogP contribution in [0.25, 0.3) is 0 Å². The van der Waals surface area contributed by atoms with E-state index in [9.17, 15) is 9.59 Å². The molecule has 0 heterocycles. The lowest BCUT2D eigenvalue weighted by molar-refractivity contribution is -0.145. The fourth-order valence-corrected chi connectivity index (χ4v) is 1.59. The van der Waals surface area contributed by atoms with Gasteiger partial charge in [-0.2, -0.15) is 11.8 Å². The molecule has 0 amide bonds. The molecule has 1 atom stereocenters. The van der Waals surface area contributed by atoms with Crippen LogP contribution < -0.4 is 0 Å². The molecule has 0 aliphatic rings. The van der Waals surface area contributed by atoms with E-state index in [4.69, 9.17) is 0 Å². The Kier molecular flexibility index (Phi) is 7.57. The van der Waals surface area contributed by atoms with E-state index in [-0.39, 0.29) is 12.2 Å². The maximum atomic E-state index is 11.2. The first-order valence-corrected chi connectivity index (χ1v) is 5.93. The molecule has 0 N–H and O–H groups in total. The Labute approximate surface area is 89.6 Å². The van der Waals surface area contributed by atoms with Gasteiger partial charge < -0.3 is 4.74 Å². The van der Waals surface area contributed by atoms with E-state index in [0.717, 1.165) is 6.42 Å². The minimum atomic E-state index is -0.415. The lowest BCUT2D eigenvalue weighted by Crippen LogP contribution is -2.13. The summed E-state index contributed by atoms with van der Waals surface area (Å²) in [4.78, 5) is 22.1. The highest BCUT2D eigenvalue weighted by Gasteiger charge is 2.11. The Bertz CT molecular complexity index is 192. The summed E-state index contributed by atoms with van der Waals surface area (Å²) in [6.07, 6.45) is 0.953. The van der Waals surface area contributed by atoms with Gasteiger partial charge in [-0.05, 0) is 13.3 Å². The number of rotatable bonds is 7. The highest BCUT2D eigenvalue weighted by molar-refractivity contribution is 8.00. The lowest BCUT2D eigenvalue weighted by Gasteiger charge is -2.06. The van der Waals surface area contributed by atoms with Crippen molar-refractivity contribution in [2.24, 2.45) is 0 Å². The van der Waals surface area contributed by atoms with Crippen molar-refractivity contribution in [1.82, 2.24) is 0 Å². The van der Waals surface area contributed by atoms with E-state index in [0.29, 0.717) is 17.6 Å². The van der Waals surface area contributed by atoms with Gasteiger partial charge in [0.05, 0.1) is 12.4 Å². The summed E-state index contributed by atoms with van der Waals surface area (Å²) in [6, 6.07) is 0. The van der Waals surface area contributed by atoms with E-state index < -0.39 is 5.97 Å². The molecule has 0 saturated carbocycles. The number of ketones is 1. The van der Waals surface area contributed by atoms with Crippen LogP contribution in [0.1, 0.15) is 33.6 Å². The van der Waals surface area contributed by atoms with E-state index in [1.165, 1.54) is 0 Å². The van der Waals surface area contributed by atoms with Crippen LogP contribution in [0.4, 0.5) is 0 Å². The van der Waals surface area contributed by atoms with E-state index >= 15 is 0 Å². The average molecular weight is 218 g/mol. The number of Topliss-reactive ketones (excluding diaryl/α,β-unsaturated/α-hetero) is 1. The number of esters is 1. The molecular weight excluding hydrogens is 200 g/mol. The van der Waals surface area contributed by atoms with Crippen molar-refractivity contribution in [3.8, 4) is 0 Å². The molecule has 0 aliphatic carbocycles. The quantitative estimate of drug-likeness (QED) is 0.484. The minimum absolute atomic E-state index is 0.0475. The van der Waals surface area contributed by atoms with E-state index in [2.05, 4.69) is 18.6 Å². The Hall–Kier alpha value is -0.510. The van der Waals surface area contributed by atoms with Crippen molar-refractivity contribution < 1.29 is 14.3 Å². The largest absolute Gasteiger partial charge is 0.466 e. The van der Waals surface area contributed by atoms with Crippen LogP contribution in [-0.4, -0.2) is 29.4 Å². The number of ether oxygens (including phenoxy) is 1. The molecule has 0 rings (SSSR count). The highest BCUT2D eigenvalue weighted by Crippen LogP contribution is 2.13. The first-order chi connectivity index (χ1) is 6.60. The Balaban J connectivity index is 3.60. The summed E-state index contributed by atoms with van der Waals surface area (Å²) in [7, 11) is 0. The van der Waals surface area contributed by atoms with Crippen molar-refractivity contribution in [3.63, 3.8) is 0 Å². The SMILES string of the molecule is CCOC(=O)CC(=O)CSC(C)CC. The standard InChI is InChI=1S/C10H18O3S/c1-4-8(3)14-7-9(11)6-10(12)13-5-2/h8H,4-7H2,1-3H3. The second-order valence-electron chi connectivity index (χ2n) is 3.05. The Morgan fingerprint density at radius 1 is 1.36 bits per heavy atom. The zero-order valence-electron chi connectivity index (χ0n) is 9.04. The van der Waals surface area contributed by atoms with Gasteiger partial charge in [0.25, 0.3) is 0 Å².